The van der Waals surface area contributed by atoms with Gasteiger partial charge in [-0.25, -0.2) is 9.38 Å². The minimum atomic E-state index is -2.96. The molecule has 0 saturated heterocycles. The molecular weight excluding hydrogens is 371 g/mol. The van der Waals surface area contributed by atoms with Gasteiger partial charge >= 0.3 is 6.61 Å². The summed E-state index contributed by atoms with van der Waals surface area (Å²) in [5.74, 6) is -0.952. The van der Waals surface area contributed by atoms with Crippen LogP contribution in [0.2, 0.25) is 0 Å². The zero-order valence-corrected chi connectivity index (χ0v) is 15.2. The van der Waals surface area contributed by atoms with E-state index >= 15 is 0 Å². The summed E-state index contributed by atoms with van der Waals surface area (Å²) < 4.78 is 43.3. The summed E-state index contributed by atoms with van der Waals surface area (Å²) in [7, 11) is 1.48. The lowest BCUT2D eigenvalue weighted by Gasteiger charge is -2.26. The number of nitrogens with zero attached hydrogens (tertiary/aromatic N) is 2. The Hall–Kier alpha value is -3.29. The highest BCUT2D eigenvalue weighted by molar-refractivity contribution is 6.09. The molecule has 0 aromatic heterocycles. The lowest BCUT2D eigenvalue weighted by Crippen LogP contribution is -2.41. The highest BCUT2D eigenvalue weighted by atomic mass is 19.3. The number of hydrogen-bond donors (Lipinski definition) is 1. The molecule has 5 nitrogen and oxygen atoms in total. The normalized spacial score (nSPS) is 19.6. The van der Waals surface area contributed by atoms with E-state index in [9.17, 15) is 18.0 Å². The summed E-state index contributed by atoms with van der Waals surface area (Å²) >= 11 is 0. The molecule has 1 aliphatic rings. The van der Waals surface area contributed by atoms with Crippen LogP contribution in [0.1, 0.15) is 23.6 Å². The predicted octanol–water partition coefficient (Wildman–Crippen LogP) is 3.49. The highest BCUT2D eigenvalue weighted by Crippen LogP contribution is 2.40. The number of alkyl halides is 2. The van der Waals surface area contributed by atoms with Gasteiger partial charge in [-0.05, 0) is 42.3 Å². The maximum atomic E-state index is 14.1. The lowest BCUT2D eigenvalue weighted by molar-refractivity contribution is -0.129. The first-order valence-corrected chi connectivity index (χ1v) is 8.41. The fourth-order valence-corrected chi connectivity index (χ4v) is 3.14. The number of ether oxygens (including phenoxy) is 1. The molecule has 146 valence electrons. The fraction of sp³-hybridized carbons (Fsp3) is 0.200. The van der Waals surface area contributed by atoms with Gasteiger partial charge in [-0.1, -0.05) is 30.4 Å². The molecule has 1 aliphatic heterocycles. The van der Waals surface area contributed by atoms with Gasteiger partial charge in [0.25, 0.3) is 5.91 Å². The average Bonchev–Trinajstić information content (AvgIpc) is 2.89. The molecule has 1 amide bonds. The highest BCUT2D eigenvalue weighted by Gasteiger charge is 2.49. The summed E-state index contributed by atoms with van der Waals surface area (Å²) in [6.07, 6.45) is 3.24. The number of benzene rings is 2. The molecule has 2 N–H and O–H groups in total. The van der Waals surface area contributed by atoms with E-state index in [4.69, 9.17) is 5.73 Å². The molecule has 28 heavy (non-hydrogen) atoms. The second-order valence-electron chi connectivity index (χ2n) is 6.18. The molecule has 2 aromatic carbocycles. The third-order valence-electron chi connectivity index (χ3n) is 4.50. The third-order valence-corrected chi connectivity index (χ3v) is 4.50. The minimum Gasteiger partial charge on any atom is -0.435 e. The van der Waals surface area contributed by atoms with E-state index in [1.165, 1.54) is 54.4 Å². The van der Waals surface area contributed by atoms with Crippen molar-refractivity contribution in [1.82, 2.24) is 4.90 Å². The molecule has 0 bridgehead atoms. The summed E-state index contributed by atoms with van der Waals surface area (Å²) in [4.78, 5) is 18.7. The van der Waals surface area contributed by atoms with Crippen LogP contribution in [-0.2, 0) is 10.3 Å². The van der Waals surface area contributed by atoms with Gasteiger partial charge in [-0.3, -0.25) is 9.69 Å². The molecule has 0 fully saturated rings. The molecule has 8 heteroatoms. The molecule has 0 saturated carbocycles. The van der Waals surface area contributed by atoms with Gasteiger partial charge in [0.15, 0.2) is 11.5 Å². The summed E-state index contributed by atoms with van der Waals surface area (Å²) in [5.41, 5.74) is 5.42. The van der Waals surface area contributed by atoms with E-state index in [0.717, 1.165) is 0 Å². The molecule has 1 atom stereocenters. The summed E-state index contributed by atoms with van der Waals surface area (Å²) in [6.45, 7) is -1.22. The number of nitrogens with two attached hydrogens (primary N) is 1. The Morgan fingerprint density at radius 3 is 2.36 bits per heavy atom. The number of halogens is 3. The van der Waals surface area contributed by atoms with Gasteiger partial charge in [-0.2, -0.15) is 8.78 Å². The van der Waals surface area contributed by atoms with Crippen molar-refractivity contribution in [3.05, 3.63) is 71.0 Å². The van der Waals surface area contributed by atoms with E-state index in [-0.39, 0.29) is 17.3 Å². The van der Waals surface area contributed by atoms with Crippen LogP contribution in [0.4, 0.5) is 13.2 Å². The molecule has 1 heterocycles. The molecule has 3 rings (SSSR count). The fourth-order valence-electron chi connectivity index (χ4n) is 3.14. The first kappa shape index (κ1) is 19.5. The topological polar surface area (TPSA) is 67.9 Å². The van der Waals surface area contributed by atoms with Crippen LogP contribution in [-0.4, -0.2) is 30.4 Å². The Balaban J connectivity index is 2.19. The van der Waals surface area contributed by atoms with E-state index in [1.54, 1.807) is 19.1 Å². The van der Waals surface area contributed by atoms with Crippen LogP contribution in [0.5, 0.6) is 5.75 Å². The first-order chi connectivity index (χ1) is 13.3. The standard InChI is InChI=1S/C20H18F3N3O2/c1-3-4-12-11-14(7-10-16(12)21)20(17(27)26(2)19(24)25-20)13-5-8-15(9-6-13)28-18(22)23/h3-11,18H,1-2H3,(H2,24,25)/b4-3-. The largest absolute Gasteiger partial charge is 0.435 e. The number of hydrogen-bond acceptors (Lipinski definition) is 4. The Bertz CT molecular complexity index is 958. The van der Waals surface area contributed by atoms with Crippen LogP contribution >= 0.6 is 0 Å². The van der Waals surface area contributed by atoms with Crippen LogP contribution in [0.25, 0.3) is 6.08 Å². The maximum absolute atomic E-state index is 14.1. The van der Waals surface area contributed by atoms with E-state index in [2.05, 4.69) is 9.73 Å². The number of amides is 1. The summed E-state index contributed by atoms with van der Waals surface area (Å²) in [5, 5.41) is 0. The number of carbonyl (C=O) groups is 1. The Kier molecular flexibility index (Phi) is 5.13. The average molecular weight is 389 g/mol. The number of carbonyl (C=O) groups excluding carboxylic acids is 1. The second-order valence-corrected chi connectivity index (χ2v) is 6.18. The van der Waals surface area contributed by atoms with Gasteiger partial charge in [0.05, 0.1) is 0 Å². The van der Waals surface area contributed by atoms with Crippen molar-refractivity contribution in [2.75, 3.05) is 7.05 Å². The lowest BCUT2D eigenvalue weighted by atomic mass is 9.82. The van der Waals surface area contributed by atoms with Crippen molar-refractivity contribution in [2.24, 2.45) is 10.7 Å². The molecule has 1 unspecified atom stereocenters. The van der Waals surface area contributed by atoms with Crippen molar-refractivity contribution in [2.45, 2.75) is 19.1 Å². The van der Waals surface area contributed by atoms with Crippen molar-refractivity contribution >= 4 is 17.9 Å². The number of likely N-dealkylation sites (N-methyl/N-ethyl adjacent to an activating group) is 1. The van der Waals surface area contributed by atoms with Gasteiger partial charge < -0.3 is 10.5 Å². The van der Waals surface area contributed by atoms with Crippen LogP contribution in [0.15, 0.2) is 53.5 Å². The minimum absolute atomic E-state index is 0.00480. The SMILES string of the molecule is C/C=C\c1cc(C2(c3ccc(OC(F)F)cc3)N=C(N)N(C)C2=O)ccc1F. The molecule has 0 radical (unpaired) electrons. The Morgan fingerprint density at radius 1 is 1.18 bits per heavy atom. The third kappa shape index (κ3) is 3.21. The first-order valence-electron chi connectivity index (χ1n) is 8.41. The van der Waals surface area contributed by atoms with E-state index in [1.807, 2.05) is 0 Å². The van der Waals surface area contributed by atoms with Gasteiger partial charge in [0.1, 0.15) is 11.6 Å². The molecule has 2 aromatic rings. The van der Waals surface area contributed by atoms with Crippen LogP contribution in [0.3, 0.4) is 0 Å². The van der Waals surface area contributed by atoms with Crippen molar-refractivity contribution < 1.29 is 22.7 Å². The van der Waals surface area contributed by atoms with Gasteiger partial charge in [0, 0.05) is 12.6 Å². The smallest absolute Gasteiger partial charge is 0.387 e. The van der Waals surface area contributed by atoms with E-state index in [0.29, 0.717) is 11.1 Å². The molecule has 0 spiro atoms. The van der Waals surface area contributed by atoms with Crippen LogP contribution in [0, 0.1) is 5.82 Å². The quantitative estimate of drug-likeness (QED) is 0.851. The van der Waals surface area contributed by atoms with Crippen molar-refractivity contribution in [3.8, 4) is 5.75 Å². The Morgan fingerprint density at radius 2 is 1.82 bits per heavy atom. The number of rotatable bonds is 5. The summed E-state index contributed by atoms with van der Waals surface area (Å²) in [6, 6.07) is 9.78. The predicted molar refractivity (Wildman–Crippen MR) is 99.4 cm³/mol. The van der Waals surface area contributed by atoms with Crippen molar-refractivity contribution in [3.63, 3.8) is 0 Å². The van der Waals surface area contributed by atoms with Crippen molar-refractivity contribution in [1.29, 1.82) is 0 Å². The zero-order valence-electron chi connectivity index (χ0n) is 15.2. The monoisotopic (exact) mass is 389 g/mol. The number of guanidine groups is 1. The number of aliphatic imine (C=N–C) groups is 1. The van der Waals surface area contributed by atoms with E-state index < -0.39 is 23.9 Å². The maximum Gasteiger partial charge on any atom is 0.387 e. The van der Waals surface area contributed by atoms with Gasteiger partial charge in [-0.15, -0.1) is 0 Å². The second kappa shape index (κ2) is 7.38. The molecule has 0 aliphatic carbocycles. The molecular formula is C20H18F3N3O2. The van der Waals surface area contributed by atoms with Crippen LogP contribution < -0.4 is 10.5 Å². The number of allylic oxidation sites excluding steroid dienone is 1. The Labute approximate surface area is 159 Å². The van der Waals surface area contributed by atoms with Gasteiger partial charge in [0.2, 0.25) is 0 Å². The zero-order chi connectivity index (χ0) is 20.5.